The molecule has 0 saturated carbocycles. The third-order valence-corrected chi connectivity index (χ3v) is 5.31. The number of piperidine rings is 1. The fourth-order valence-electron chi connectivity index (χ4n) is 4.17. The Morgan fingerprint density at radius 2 is 2.14 bits per heavy atom. The lowest BCUT2D eigenvalue weighted by atomic mass is 9.92. The van der Waals surface area contributed by atoms with Gasteiger partial charge in [-0.3, -0.25) is 9.80 Å². The number of rotatable bonds is 4. The number of imidazole rings is 1. The Morgan fingerprint density at radius 3 is 2.81 bits per heavy atom. The topological polar surface area (TPSA) is 27.5 Å². The summed E-state index contributed by atoms with van der Waals surface area (Å²) >= 11 is 0. The molecule has 118 valence electrons. The van der Waals surface area contributed by atoms with Crippen molar-refractivity contribution >= 4 is 0 Å². The van der Waals surface area contributed by atoms with Gasteiger partial charge in [0.15, 0.2) is 0 Å². The molecule has 2 aliphatic rings. The zero-order valence-corrected chi connectivity index (χ0v) is 13.9. The zero-order chi connectivity index (χ0) is 15.0. The average Bonchev–Trinajstić information content (AvgIpc) is 2.95. The first-order valence-electron chi connectivity index (χ1n) is 8.10. The molecule has 2 saturated heterocycles. The first-order chi connectivity index (χ1) is 10.0. The molecule has 2 aliphatic heterocycles. The molecule has 0 spiro atoms. The first-order valence-corrected chi connectivity index (χ1v) is 8.10. The largest absolute Gasteiger partial charge is 0.337 e. The highest BCUT2D eigenvalue weighted by molar-refractivity contribution is 4.99. The van der Waals surface area contributed by atoms with Crippen molar-refractivity contribution in [1.82, 2.24) is 24.3 Å². The summed E-state index contributed by atoms with van der Waals surface area (Å²) in [5.41, 5.74) is 0. The van der Waals surface area contributed by atoms with Gasteiger partial charge in [-0.1, -0.05) is 0 Å². The Balaban J connectivity index is 1.60. The number of fused-ring (bicyclic) bond motifs is 1. The van der Waals surface area contributed by atoms with Crippen LogP contribution >= 0.6 is 0 Å². The number of aryl methyl sites for hydroxylation is 1. The molecule has 5 heteroatoms. The number of aromatic nitrogens is 2. The van der Waals surface area contributed by atoms with E-state index in [1.54, 1.807) is 0 Å². The lowest BCUT2D eigenvalue weighted by Gasteiger charge is -2.37. The van der Waals surface area contributed by atoms with E-state index in [0.717, 1.165) is 24.5 Å². The third kappa shape index (κ3) is 3.15. The standard InChI is InChI=1S/C16H29N5/c1-18(2)11-14-9-13-10-21(7-5-15(13)20(14)4)12-16-17-6-8-19(16)3/h6,8,13-15H,5,7,9-12H2,1-4H3/t13?,14-,15?/m0/s1. The predicted molar refractivity (Wildman–Crippen MR) is 85.1 cm³/mol. The summed E-state index contributed by atoms with van der Waals surface area (Å²) in [7, 11) is 8.78. The molecule has 1 aromatic heterocycles. The molecule has 3 atom stereocenters. The quantitative estimate of drug-likeness (QED) is 0.823. The average molecular weight is 291 g/mol. The Hall–Kier alpha value is -0.910. The third-order valence-electron chi connectivity index (χ3n) is 5.31. The monoisotopic (exact) mass is 291 g/mol. The van der Waals surface area contributed by atoms with Gasteiger partial charge in [-0.2, -0.15) is 0 Å². The summed E-state index contributed by atoms with van der Waals surface area (Å²) in [5, 5.41) is 0. The Labute approximate surface area is 128 Å². The Kier molecular flexibility index (Phi) is 4.33. The molecular formula is C16H29N5. The maximum atomic E-state index is 4.47. The molecule has 2 unspecified atom stereocenters. The molecule has 0 N–H and O–H groups in total. The summed E-state index contributed by atoms with van der Waals surface area (Å²) in [6, 6.07) is 1.51. The molecule has 21 heavy (non-hydrogen) atoms. The highest BCUT2D eigenvalue weighted by Gasteiger charge is 2.41. The normalized spacial score (nSPS) is 31.0. The van der Waals surface area contributed by atoms with Crippen LogP contribution in [0.3, 0.4) is 0 Å². The van der Waals surface area contributed by atoms with Crippen LogP contribution in [0.1, 0.15) is 18.7 Å². The molecule has 2 fully saturated rings. The maximum absolute atomic E-state index is 4.47. The molecule has 5 nitrogen and oxygen atoms in total. The van der Waals surface area contributed by atoms with Gasteiger partial charge < -0.3 is 9.47 Å². The maximum Gasteiger partial charge on any atom is 0.122 e. The van der Waals surface area contributed by atoms with Crippen molar-refractivity contribution in [3.05, 3.63) is 18.2 Å². The minimum atomic E-state index is 0.725. The van der Waals surface area contributed by atoms with Crippen molar-refractivity contribution in [3.63, 3.8) is 0 Å². The van der Waals surface area contributed by atoms with Crippen LogP contribution in [0.2, 0.25) is 0 Å². The number of nitrogens with zero attached hydrogens (tertiary/aromatic N) is 5. The van der Waals surface area contributed by atoms with Gasteiger partial charge in [-0.25, -0.2) is 4.98 Å². The van der Waals surface area contributed by atoms with E-state index in [1.165, 1.54) is 38.3 Å². The van der Waals surface area contributed by atoms with Gasteiger partial charge in [0.2, 0.25) is 0 Å². The highest BCUT2D eigenvalue weighted by atomic mass is 15.3. The summed E-state index contributed by atoms with van der Waals surface area (Å²) in [6.45, 7) is 4.61. The van der Waals surface area contributed by atoms with Gasteiger partial charge in [-0.05, 0) is 39.9 Å². The van der Waals surface area contributed by atoms with Crippen molar-refractivity contribution < 1.29 is 0 Å². The van der Waals surface area contributed by atoms with E-state index in [2.05, 4.69) is 52.4 Å². The molecule has 3 rings (SSSR count). The van der Waals surface area contributed by atoms with E-state index < -0.39 is 0 Å². The second kappa shape index (κ2) is 6.07. The Bertz CT molecular complexity index is 469. The van der Waals surface area contributed by atoms with Crippen molar-refractivity contribution in [3.8, 4) is 0 Å². The van der Waals surface area contributed by atoms with E-state index in [-0.39, 0.29) is 0 Å². The van der Waals surface area contributed by atoms with E-state index >= 15 is 0 Å². The number of hydrogen-bond donors (Lipinski definition) is 0. The fraction of sp³-hybridized carbons (Fsp3) is 0.812. The molecule has 0 radical (unpaired) electrons. The zero-order valence-electron chi connectivity index (χ0n) is 13.9. The van der Waals surface area contributed by atoms with E-state index in [4.69, 9.17) is 0 Å². The lowest BCUT2D eigenvalue weighted by molar-refractivity contribution is 0.106. The molecule has 0 amide bonds. The van der Waals surface area contributed by atoms with Gasteiger partial charge in [0.25, 0.3) is 0 Å². The molecule has 3 heterocycles. The highest BCUT2D eigenvalue weighted by Crippen LogP contribution is 2.34. The van der Waals surface area contributed by atoms with Crippen molar-refractivity contribution in [2.45, 2.75) is 31.5 Å². The smallest absolute Gasteiger partial charge is 0.122 e. The van der Waals surface area contributed by atoms with Crippen molar-refractivity contribution in [1.29, 1.82) is 0 Å². The van der Waals surface area contributed by atoms with Crippen LogP contribution in [0.4, 0.5) is 0 Å². The second-order valence-electron chi connectivity index (χ2n) is 7.12. The molecule has 0 aromatic carbocycles. The molecular weight excluding hydrogens is 262 g/mol. The van der Waals surface area contributed by atoms with Crippen molar-refractivity contribution in [2.24, 2.45) is 13.0 Å². The van der Waals surface area contributed by atoms with Crippen LogP contribution in [-0.2, 0) is 13.6 Å². The van der Waals surface area contributed by atoms with E-state index in [9.17, 15) is 0 Å². The number of hydrogen-bond acceptors (Lipinski definition) is 4. The second-order valence-corrected chi connectivity index (χ2v) is 7.12. The number of likely N-dealkylation sites (tertiary alicyclic amines) is 2. The summed E-state index contributed by atoms with van der Waals surface area (Å²) in [4.78, 5) is 12.0. The first kappa shape index (κ1) is 15.0. The summed E-state index contributed by atoms with van der Waals surface area (Å²) in [5.74, 6) is 2.01. The van der Waals surface area contributed by atoms with E-state index in [0.29, 0.717) is 0 Å². The van der Waals surface area contributed by atoms with Crippen molar-refractivity contribution in [2.75, 3.05) is 40.8 Å². The minimum absolute atomic E-state index is 0.725. The van der Waals surface area contributed by atoms with Gasteiger partial charge in [0, 0.05) is 51.2 Å². The lowest BCUT2D eigenvalue weighted by Crippen LogP contribution is -2.46. The predicted octanol–water partition coefficient (Wildman–Crippen LogP) is 0.876. The summed E-state index contributed by atoms with van der Waals surface area (Å²) in [6.07, 6.45) is 6.59. The van der Waals surface area contributed by atoms with Crippen LogP contribution in [0.25, 0.3) is 0 Å². The summed E-state index contributed by atoms with van der Waals surface area (Å²) < 4.78 is 2.14. The van der Waals surface area contributed by atoms with Crippen LogP contribution in [0, 0.1) is 5.92 Å². The van der Waals surface area contributed by atoms with Crippen LogP contribution in [0.5, 0.6) is 0 Å². The molecule has 1 aromatic rings. The molecule has 0 bridgehead atoms. The molecule has 0 aliphatic carbocycles. The van der Waals surface area contributed by atoms with Crippen LogP contribution in [-0.4, -0.2) is 77.1 Å². The fourth-order valence-corrected chi connectivity index (χ4v) is 4.17. The number of likely N-dealkylation sites (N-methyl/N-ethyl adjacent to an activating group) is 2. The van der Waals surface area contributed by atoms with Gasteiger partial charge in [0.1, 0.15) is 5.82 Å². The SMILES string of the molecule is CN(C)C[C@@H]1CC2CN(Cc3nccn3C)CCC2N1C. The van der Waals surface area contributed by atoms with Gasteiger partial charge in [0.05, 0.1) is 6.54 Å². The minimum Gasteiger partial charge on any atom is -0.337 e. The van der Waals surface area contributed by atoms with Crippen LogP contribution in [0.15, 0.2) is 12.4 Å². The van der Waals surface area contributed by atoms with Crippen LogP contribution < -0.4 is 0 Å². The van der Waals surface area contributed by atoms with Gasteiger partial charge in [-0.15, -0.1) is 0 Å². The van der Waals surface area contributed by atoms with Gasteiger partial charge >= 0.3 is 0 Å². The Morgan fingerprint density at radius 1 is 1.33 bits per heavy atom. The van der Waals surface area contributed by atoms with E-state index in [1.807, 2.05) is 12.4 Å².